The summed E-state index contributed by atoms with van der Waals surface area (Å²) in [5.41, 5.74) is 2.39. The fourth-order valence-corrected chi connectivity index (χ4v) is 2.98. The normalized spacial score (nSPS) is 10.3. The summed E-state index contributed by atoms with van der Waals surface area (Å²) >= 11 is 1.68. The van der Waals surface area contributed by atoms with Crippen LogP contribution in [0.15, 0.2) is 35.7 Å². The Morgan fingerprint density at radius 3 is 2.82 bits per heavy atom. The van der Waals surface area contributed by atoms with E-state index in [0.29, 0.717) is 19.7 Å². The Labute approximate surface area is 135 Å². The summed E-state index contributed by atoms with van der Waals surface area (Å²) in [6.07, 6.45) is 0. The van der Waals surface area contributed by atoms with Crippen LogP contribution in [0.5, 0.6) is 5.75 Å². The Balaban J connectivity index is 1.70. The third-order valence-electron chi connectivity index (χ3n) is 3.33. The van der Waals surface area contributed by atoms with E-state index in [4.69, 9.17) is 4.74 Å². The molecule has 0 unspecified atom stereocenters. The van der Waals surface area contributed by atoms with Crippen molar-refractivity contribution in [3.8, 4) is 5.75 Å². The fourth-order valence-electron chi connectivity index (χ4n) is 2.02. The van der Waals surface area contributed by atoms with Gasteiger partial charge in [-0.1, -0.05) is 12.1 Å². The lowest BCUT2D eigenvalue weighted by atomic mass is 10.2. The van der Waals surface area contributed by atoms with Crippen LogP contribution >= 0.6 is 11.3 Å². The number of hydrogen-bond acceptors (Lipinski definition) is 3. The molecule has 0 bridgehead atoms. The van der Waals surface area contributed by atoms with E-state index >= 15 is 0 Å². The largest absolute Gasteiger partial charge is 0.492 e. The number of urea groups is 1. The maximum Gasteiger partial charge on any atom is 0.317 e. The molecule has 0 fully saturated rings. The molecular weight excluding hydrogens is 296 g/mol. The van der Waals surface area contributed by atoms with Gasteiger partial charge in [0.05, 0.1) is 13.1 Å². The Hall–Kier alpha value is -2.01. The first-order valence-electron chi connectivity index (χ1n) is 7.27. The maximum atomic E-state index is 12.0. The van der Waals surface area contributed by atoms with E-state index in [9.17, 15) is 4.79 Å². The Morgan fingerprint density at radius 2 is 2.14 bits per heavy atom. The highest BCUT2D eigenvalue weighted by Crippen LogP contribution is 2.17. The summed E-state index contributed by atoms with van der Waals surface area (Å²) in [7, 11) is 1.80. The highest BCUT2D eigenvalue weighted by Gasteiger charge is 2.10. The molecule has 1 N–H and O–H groups in total. The molecule has 118 valence electrons. The number of amides is 2. The SMILES string of the molecule is Cc1cccc(OCCNC(=O)N(C)Cc2sccc2C)c1. The van der Waals surface area contributed by atoms with Crippen molar-refractivity contribution in [2.24, 2.45) is 0 Å². The molecule has 2 rings (SSSR count). The second kappa shape index (κ2) is 7.84. The average Bonchev–Trinajstić information content (AvgIpc) is 2.88. The van der Waals surface area contributed by atoms with E-state index in [2.05, 4.69) is 18.3 Å². The van der Waals surface area contributed by atoms with Crippen molar-refractivity contribution in [3.63, 3.8) is 0 Å². The first kappa shape index (κ1) is 16.4. The van der Waals surface area contributed by atoms with Crippen molar-refractivity contribution >= 4 is 17.4 Å². The van der Waals surface area contributed by atoms with Gasteiger partial charge in [0.2, 0.25) is 0 Å². The number of ether oxygens (including phenoxy) is 1. The van der Waals surface area contributed by atoms with Gasteiger partial charge in [-0.05, 0) is 48.6 Å². The van der Waals surface area contributed by atoms with E-state index in [-0.39, 0.29) is 6.03 Å². The van der Waals surface area contributed by atoms with Crippen LogP contribution in [0.1, 0.15) is 16.0 Å². The van der Waals surface area contributed by atoms with Crippen LogP contribution in [-0.4, -0.2) is 31.1 Å². The number of carbonyl (C=O) groups excluding carboxylic acids is 1. The Morgan fingerprint density at radius 1 is 1.32 bits per heavy atom. The van der Waals surface area contributed by atoms with Crippen LogP contribution in [0.2, 0.25) is 0 Å². The zero-order chi connectivity index (χ0) is 15.9. The van der Waals surface area contributed by atoms with E-state index in [1.165, 1.54) is 10.4 Å². The number of thiophene rings is 1. The number of nitrogens with zero attached hydrogens (tertiary/aromatic N) is 1. The number of hydrogen-bond donors (Lipinski definition) is 1. The van der Waals surface area contributed by atoms with Gasteiger partial charge >= 0.3 is 6.03 Å². The Bertz CT molecular complexity index is 625. The molecule has 5 heteroatoms. The highest BCUT2D eigenvalue weighted by atomic mass is 32.1. The summed E-state index contributed by atoms with van der Waals surface area (Å²) in [4.78, 5) is 14.9. The molecule has 0 saturated carbocycles. The minimum Gasteiger partial charge on any atom is -0.492 e. The maximum absolute atomic E-state index is 12.0. The molecule has 22 heavy (non-hydrogen) atoms. The fraction of sp³-hybridized carbons (Fsp3) is 0.353. The number of rotatable bonds is 6. The molecule has 0 atom stereocenters. The smallest absolute Gasteiger partial charge is 0.317 e. The summed E-state index contributed by atoms with van der Waals surface area (Å²) < 4.78 is 5.61. The molecule has 1 heterocycles. The van der Waals surface area contributed by atoms with Gasteiger partial charge in [-0.2, -0.15) is 0 Å². The third-order valence-corrected chi connectivity index (χ3v) is 4.34. The van der Waals surface area contributed by atoms with Crippen molar-refractivity contribution in [1.82, 2.24) is 10.2 Å². The number of benzene rings is 1. The standard InChI is InChI=1S/C17H22N2O2S/c1-13-5-4-6-15(11-13)21-9-8-18-17(20)19(3)12-16-14(2)7-10-22-16/h4-7,10-11H,8-9,12H2,1-3H3,(H,18,20). The van der Waals surface area contributed by atoms with Crippen LogP contribution in [0.3, 0.4) is 0 Å². The molecular formula is C17H22N2O2S. The quantitative estimate of drug-likeness (QED) is 0.827. The molecule has 0 aliphatic carbocycles. The third kappa shape index (κ3) is 4.77. The van der Waals surface area contributed by atoms with Crippen LogP contribution < -0.4 is 10.1 Å². The van der Waals surface area contributed by atoms with Gasteiger partial charge in [0, 0.05) is 11.9 Å². The first-order valence-corrected chi connectivity index (χ1v) is 8.15. The van der Waals surface area contributed by atoms with Gasteiger partial charge in [0.1, 0.15) is 12.4 Å². The van der Waals surface area contributed by atoms with Crippen LogP contribution in [-0.2, 0) is 6.54 Å². The van der Waals surface area contributed by atoms with E-state index in [1.54, 1.807) is 23.3 Å². The summed E-state index contributed by atoms with van der Waals surface area (Å²) in [5.74, 6) is 0.830. The molecule has 0 saturated heterocycles. The van der Waals surface area contributed by atoms with E-state index in [0.717, 1.165) is 11.3 Å². The minimum absolute atomic E-state index is 0.0827. The zero-order valence-corrected chi connectivity index (χ0v) is 14.1. The summed E-state index contributed by atoms with van der Waals surface area (Å²) in [6.45, 7) is 5.67. The second-order valence-electron chi connectivity index (χ2n) is 5.28. The molecule has 2 aromatic rings. The predicted molar refractivity (Wildman–Crippen MR) is 90.6 cm³/mol. The zero-order valence-electron chi connectivity index (χ0n) is 13.3. The topological polar surface area (TPSA) is 41.6 Å². The molecule has 0 spiro atoms. The molecule has 0 aliphatic heterocycles. The number of carbonyl (C=O) groups is 1. The summed E-state index contributed by atoms with van der Waals surface area (Å²) in [5, 5.41) is 4.91. The molecule has 1 aromatic heterocycles. The molecule has 0 radical (unpaired) electrons. The number of aryl methyl sites for hydroxylation is 2. The minimum atomic E-state index is -0.0827. The van der Waals surface area contributed by atoms with Gasteiger partial charge in [-0.15, -0.1) is 11.3 Å². The van der Waals surface area contributed by atoms with Crippen LogP contribution in [0.25, 0.3) is 0 Å². The average molecular weight is 318 g/mol. The van der Waals surface area contributed by atoms with Crippen molar-refractivity contribution < 1.29 is 9.53 Å². The van der Waals surface area contributed by atoms with E-state index < -0.39 is 0 Å². The first-order chi connectivity index (χ1) is 10.6. The lowest BCUT2D eigenvalue weighted by molar-refractivity contribution is 0.204. The monoisotopic (exact) mass is 318 g/mol. The molecule has 4 nitrogen and oxygen atoms in total. The summed E-state index contributed by atoms with van der Waals surface area (Å²) in [6, 6.07) is 9.87. The van der Waals surface area contributed by atoms with Gasteiger partial charge in [0.25, 0.3) is 0 Å². The molecule has 2 amide bonds. The number of nitrogens with one attached hydrogen (secondary N) is 1. The van der Waals surface area contributed by atoms with Crippen molar-refractivity contribution in [1.29, 1.82) is 0 Å². The highest BCUT2D eigenvalue weighted by molar-refractivity contribution is 7.10. The Kier molecular flexibility index (Phi) is 5.83. The molecule has 0 aliphatic rings. The van der Waals surface area contributed by atoms with Crippen LogP contribution in [0.4, 0.5) is 4.79 Å². The van der Waals surface area contributed by atoms with Crippen molar-refractivity contribution in [2.75, 3.05) is 20.2 Å². The lowest BCUT2D eigenvalue weighted by Gasteiger charge is -2.18. The van der Waals surface area contributed by atoms with Gasteiger partial charge in [-0.25, -0.2) is 4.79 Å². The van der Waals surface area contributed by atoms with Gasteiger partial charge in [0.15, 0.2) is 0 Å². The molecule has 1 aromatic carbocycles. The lowest BCUT2D eigenvalue weighted by Crippen LogP contribution is -2.38. The van der Waals surface area contributed by atoms with Crippen molar-refractivity contribution in [3.05, 3.63) is 51.7 Å². The second-order valence-corrected chi connectivity index (χ2v) is 6.28. The van der Waals surface area contributed by atoms with Crippen LogP contribution in [0, 0.1) is 13.8 Å². The van der Waals surface area contributed by atoms with Crippen molar-refractivity contribution in [2.45, 2.75) is 20.4 Å². The van der Waals surface area contributed by atoms with Gasteiger partial charge < -0.3 is 15.0 Å². The predicted octanol–water partition coefficient (Wildman–Crippen LogP) is 3.59. The van der Waals surface area contributed by atoms with Gasteiger partial charge in [-0.3, -0.25) is 0 Å². The van der Waals surface area contributed by atoms with E-state index in [1.807, 2.05) is 36.6 Å².